The molecule has 1 saturated heterocycles. The fourth-order valence-corrected chi connectivity index (χ4v) is 3.11. The van der Waals surface area contributed by atoms with E-state index in [0.29, 0.717) is 5.88 Å². The minimum absolute atomic E-state index is 0.0740. The fourth-order valence-electron chi connectivity index (χ4n) is 1.76. The third-order valence-electron chi connectivity index (χ3n) is 2.95. The number of carbonyl (C=O) groups excluding carboxylic acids is 2. The molecule has 0 N–H and O–H groups in total. The fraction of sp³-hybridized carbons (Fsp3) is 0.778. The lowest BCUT2D eigenvalue weighted by Crippen LogP contribution is -2.50. The van der Waals surface area contributed by atoms with Crippen molar-refractivity contribution in [2.45, 2.75) is 31.1 Å². The average molecular weight is 229 g/mol. The van der Waals surface area contributed by atoms with E-state index in [4.69, 9.17) is 4.74 Å². The van der Waals surface area contributed by atoms with Gasteiger partial charge in [0.25, 0.3) is 0 Å². The van der Waals surface area contributed by atoms with Crippen LogP contribution in [0.25, 0.3) is 0 Å². The molecule has 1 aliphatic heterocycles. The van der Waals surface area contributed by atoms with Crippen molar-refractivity contribution >= 4 is 31.4 Å². The summed E-state index contributed by atoms with van der Waals surface area (Å²) in [4.78, 5) is 24.6. The predicted molar refractivity (Wildman–Crippen MR) is 62.7 cm³/mol. The van der Waals surface area contributed by atoms with E-state index in [0.717, 1.165) is 6.42 Å². The van der Waals surface area contributed by atoms with Crippen molar-refractivity contribution in [2.75, 3.05) is 13.0 Å². The molecule has 2 atom stereocenters. The molecule has 1 heterocycles. The maximum absolute atomic E-state index is 11.7. The Morgan fingerprint density at radius 2 is 2.27 bits per heavy atom. The van der Waals surface area contributed by atoms with Crippen molar-refractivity contribution in [1.29, 1.82) is 0 Å². The number of rotatable bonds is 2. The molecule has 0 radical (unpaired) electrons. The van der Waals surface area contributed by atoms with Crippen LogP contribution in [0.15, 0.2) is 0 Å². The van der Waals surface area contributed by atoms with Gasteiger partial charge in [-0.25, -0.2) is 4.79 Å². The third-order valence-corrected chi connectivity index (χ3v) is 4.53. The summed E-state index contributed by atoms with van der Waals surface area (Å²) in [6, 6.07) is -0.449. The van der Waals surface area contributed by atoms with Gasteiger partial charge in [0.2, 0.25) is 7.85 Å². The van der Waals surface area contributed by atoms with Gasteiger partial charge in [0.05, 0.1) is 13.0 Å². The Morgan fingerprint density at radius 3 is 2.67 bits per heavy atom. The predicted octanol–water partition coefficient (Wildman–Crippen LogP) is 0.456. The lowest BCUT2D eigenvalue weighted by molar-refractivity contribution is -0.146. The Morgan fingerprint density at radius 1 is 1.67 bits per heavy atom. The molecule has 1 aliphatic rings. The van der Waals surface area contributed by atoms with E-state index in [-0.39, 0.29) is 16.5 Å². The van der Waals surface area contributed by atoms with Gasteiger partial charge in [0.15, 0.2) is 5.81 Å². The van der Waals surface area contributed by atoms with Crippen molar-refractivity contribution in [3.05, 3.63) is 0 Å². The molecule has 84 valence electrons. The monoisotopic (exact) mass is 229 g/mol. The Bertz CT molecular complexity index is 287. The normalized spacial score (nSPS) is 30.3. The highest BCUT2D eigenvalue weighted by molar-refractivity contribution is 8.01. The summed E-state index contributed by atoms with van der Waals surface area (Å²) in [7, 11) is 2.84. The average Bonchev–Trinajstić information content (AvgIpc) is 2.56. The smallest absolute Gasteiger partial charge is 0.330 e. The van der Waals surface area contributed by atoms with Crippen LogP contribution in [-0.4, -0.2) is 48.3 Å². The van der Waals surface area contributed by atoms with Gasteiger partial charge in [-0.2, -0.15) is 0 Å². The number of esters is 1. The summed E-state index contributed by atoms with van der Waals surface area (Å²) in [5.41, 5.74) is 0. The molecule has 15 heavy (non-hydrogen) atoms. The first-order chi connectivity index (χ1) is 6.96. The second-order valence-electron chi connectivity index (χ2n) is 3.85. The summed E-state index contributed by atoms with van der Waals surface area (Å²) in [6.45, 7) is 4.02. The van der Waals surface area contributed by atoms with Crippen molar-refractivity contribution in [2.24, 2.45) is 0 Å². The second-order valence-corrected chi connectivity index (χ2v) is 5.33. The molecule has 4 nitrogen and oxygen atoms in total. The molecule has 0 bridgehead atoms. The van der Waals surface area contributed by atoms with Crippen molar-refractivity contribution in [3.8, 4) is 0 Å². The van der Waals surface area contributed by atoms with E-state index in [9.17, 15) is 9.59 Å². The topological polar surface area (TPSA) is 46.6 Å². The summed E-state index contributed by atoms with van der Waals surface area (Å²) in [5, 5.41) is 0. The molecule has 2 unspecified atom stereocenters. The zero-order valence-electron chi connectivity index (χ0n) is 9.57. The van der Waals surface area contributed by atoms with Crippen LogP contribution in [0.5, 0.6) is 0 Å². The van der Waals surface area contributed by atoms with Gasteiger partial charge in [0.1, 0.15) is 6.04 Å². The van der Waals surface area contributed by atoms with E-state index >= 15 is 0 Å². The third kappa shape index (κ3) is 2.14. The van der Waals surface area contributed by atoms with Crippen LogP contribution in [0.3, 0.4) is 0 Å². The van der Waals surface area contributed by atoms with Crippen LogP contribution in [0.4, 0.5) is 4.79 Å². The van der Waals surface area contributed by atoms with Crippen LogP contribution in [0, 0.1) is 0 Å². The largest absolute Gasteiger partial charge is 0.467 e. The molecule has 0 aliphatic carbocycles. The van der Waals surface area contributed by atoms with Gasteiger partial charge in [0, 0.05) is 4.75 Å². The molecule has 6 heteroatoms. The molecule has 0 spiro atoms. The number of carbonyl (C=O) groups is 2. The minimum Gasteiger partial charge on any atom is -0.467 e. The molecule has 0 aromatic rings. The van der Waals surface area contributed by atoms with E-state index in [1.807, 2.05) is 13.8 Å². The van der Waals surface area contributed by atoms with Gasteiger partial charge < -0.3 is 9.64 Å². The van der Waals surface area contributed by atoms with Gasteiger partial charge in [-0.05, 0) is 13.3 Å². The van der Waals surface area contributed by atoms with Gasteiger partial charge in [-0.1, -0.05) is 6.92 Å². The van der Waals surface area contributed by atoms with E-state index in [2.05, 4.69) is 0 Å². The first-order valence-corrected chi connectivity index (χ1v) is 5.94. The lowest BCUT2D eigenvalue weighted by atomic mass is 9.95. The quantitative estimate of drug-likeness (QED) is 0.509. The van der Waals surface area contributed by atoms with Gasteiger partial charge >= 0.3 is 5.97 Å². The zero-order valence-corrected chi connectivity index (χ0v) is 10.4. The van der Waals surface area contributed by atoms with E-state index < -0.39 is 6.04 Å². The number of ether oxygens (including phenoxy) is 1. The number of thioether (sulfide) groups is 1. The van der Waals surface area contributed by atoms with Crippen LogP contribution in [0.2, 0.25) is 0 Å². The van der Waals surface area contributed by atoms with E-state index in [1.165, 1.54) is 15.0 Å². The highest BCUT2D eigenvalue weighted by atomic mass is 32.2. The lowest BCUT2D eigenvalue weighted by Gasteiger charge is -2.30. The van der Waals surface area contributed by atoms with Crippen LogP contribution >= 0.6 is 11.8 Å². The van der Waals surface area contributed by atoms with Crippen molar-refractivity contribution < 1.29 is 14.3 Å². The SMILES string of the molecule is BC(=O)N1CSC(C)(CC)C1C(=O)OC. The molecular formula is C9H16BNO3S. The number of hydrogen-bond donors (Lipinski definition) is 0. The standard InChI is InChI=1S/C9H16BNO3S/c1-4-9(2)6(7(12)14-3)11(5-15-9)8(10)13/h6H,4-5,10H2,1-3H3. The molecule has 0 saturated carbocycles. The molecular weight excluding hydrogens is 213 g/mol. The number of amides is 1. The maximum Gasteiger partial charge on any atom is 0.330 e. The highest BCUT2D eigenvalue weighted by Crippen LogP contribution is 2.42. The van der Waals surface area contributed by atoms with Crippen LogP contribution in [0.1, 0.15) is 20.3 Å². The van der Waals surface area contributed by atoms with Gasteiger partial charge in [-0.3, -0.25) is 4.79 Å². The Kier molecular flexibility index (Phi) is 3.70. The summed E-state index contributed by atoms with van der Waals surface area (Å²) < 4.78 is 4.54. The summed E-state index contributed by atoms with van der Waals surface area (Å²) in [6.07, 6.45) is 0.835. The second kappa shape index (κ2) is 4.47. The number of hydrogen-bond acceptors (Lipinski definition) is 4. The van der Waals surface area contributed by atoms with E-state index in [1.54, 1.807) is 16.7 Å². The summed E-state index contributed by atoms with van der Waals surface area (Å²) >= 11 is 1.64. The Labute approximate surface area is 95.1 Å². The van der Waals surface area contributed by atoms with Crippen molar-refractivity contribution in [1.82, 2.24) is 4.90 Å². The first-order valence-electron chi connectivity index (χ1n) is 4.95. The Hall–Kier alpha value is -0.645. The molecule has 1 fully saturated rings. The van der Waals surface area contributed by atoms with Crippen LogP contribution in [-0.2, 0) is 9.53 Å². The minimum atomic E-state index is -0.449. The molecule has 1 rings (SSSR count). The number of nitrogens with zero attached hydrogens (tertiary/aromatic N) is 1. The number of methoxy groups -OCH3 is 1. The highest BCUT2D eigenvalue weighted by Gasteiger charge is 2.49. The summed E-state index contributed by atoms with van der Waals surface area (Å²) in [5.74, 6) is 0.175. The first kappa shape index (κ1) is 12.4. The van der Waals surface area contributed by atoms with Crippen LogP contribution < -0.4 is 0 Å². The van der Waals surface area contributed by atoms with Gasteiger partial charge in [-0.15, -0.1) is 11.8 Å². The molecule has 0 aromatic heterocycles. The molecule has 1 amide bonds. The zero-order chi connectivity index (χ0) is 11.6. The van der Waals surface area contributed by atoms with Crippen molar-refractivity contribution in [3.63, 3.8) is 0 Å². The molecule has 0 aromatic carbocycles. The Balaban J connectivity index is 2.97. The maximum atomic E-state index is 11.7.